The van der Waals surface area contributed by atoms with Gasteiger partial charge in [-0.15, -0.1) is 0 Å². The van der Waals surface area contributed by atoms with E-state index in [1.165, 1.54) is 11.6 Å². The van der Waals surface area contributed by atoms with Gasteiger partial charge in [-0.25, -0.2) is 5.43 Å². The first-order valence-corrected chi connectivity index (χ1v) is 10.5. The summed E-state index contributed by atoms with van der Waals surface area (Å²) in [6, 6.07) is 13.3. The van der Waals surface area contributed by atoms with E-state index in [1.54, 1.807) is 12.2 Å². The monoisotopic (exact) mass is 421 g/mol. The zero-order valence-corrected chi connectivity index (χ0v) is 17.9. The van der Waals surface area contributed by atoms with Crippen molar-refractivity contribution in [2.75, 3.05) is 10.7 Å². The number of aryl methyl sites for hydroxylation is 1. The molecule has 8 N–H and O–H groups in total. The predicted octanol–water partition coefficient (Wildman–Crippen LogP) is 2.51. The number of nitrogens with two attached hydrogens (primary N) is 2. The number of aliphatic hydroxyl groups is 1. The fraction of sp³-hybridized carbons (Fsp3) is 0.292. The largest absolute Gasteiger partial charge is 0.394 e. The van der Waals surface area contributed by atoms with E-state index in [9.17, 15) is 9.90 Å². The Morgan fingerprint density at radius 1 is 1.23 bits per heavy atom. The molecule has 0 fully saturated rings. The third kappa shape index (κ3) is 5.95. The van der Waals surface area contributed by atoms with E-state index < -0.39 is 12.0 Å². The average molecular weight is 422 g/mol. The standard InChI is InChI=1S/C24H31N5O2/c1-3-16-7-10-18(11-8-16)28-29-23-20-14-19(12-9-17(20)13-22(23)30)27-24(31)21(26)6-4-5-15(2)25/h4-12,14-15,22-23,28-30H,3,13,25-26H2,1-2H3,(H,27,31)/b5-4-,21-6-/t15?,22-,23?/m0/s1. The van der Waals surface area contributed by atoms with E-state index in [0.717, 1.165) is 23.2 Å². The number of hydrogen-bond donors (Lipinski definition) is 6. The summed E-state index contributed by atoms with van der Waals surface area (Å²) in [5, 5.41) is 13.3. The molecule has 0 spiro atoms. The number of allylic oxidation sites excluding steroid dienone is 2. The normalized spacial score (nSPS) is 19.3. The first-order chi connectivity index (χ1) is 14.9. The van der Waals surface area contributed by atoms with Gasteiger partial charge in [-0.1, -0.05) is 37.3 Å². The van der Waals surface area contributed by atoms with E-state index in [2.05, 4.69) is 35.2 Å². The topological polar surface area (TPSA) is 125 Å². The number of carbonyl (C=O) groups is 1. The number of benzene rings is 2. The molecule has 0 heterocycles. The van der Waals surface area contributed by atoms with Gasteiger partial charge >= 0.3 is 0 Å². The summed E-state index contributed by atoms with van der Waals surface area (Å²) < 4.78 is 0. The van der Waals surface area contributed by atoms with Crippen LogP contribution in [-0.2, 0) is 17.6 Å². The molecule has 0 bridgehead atoms. The highest BCUT2D eigenvalue weighted by atomic mass is 16.3. The summed E-state index contributed by atoms with van der Waals surface area (Å²) in [5.41, 5.74) is 22.7. The molecule has 1 aliphatic rings. The van der Waals surface area contributed by atoms with Gasteiger partial charge < -0.3 is 27.3 Å². The van der Waals surface area contributed by atoms with Crippen molar-refractivity contribution in [2.24, 2.45) is 11.5 Å². The van der Waals surface area contributed by atoms with E-state index in [0.29, 0.717) is 12.1 Å². The lowest BCUT2D eigenvalue weighted by molar-refractivity contribution is -0.112. The molecular weight excluding hydrogens is 390 g/mol. The Labute approximate surface area is 183 Å². The van der Waals surface area contributed by atoms with Crippen molar-refractivity contribution in [2.45, 2.75) is 44.9 Å². The molecule has 1 aliphatic carbocycles. The fourth-order valence-corrected chi connectivity index (χ4v) is 3.47. The molecule has 2 aromatic carbocycles. The first-order valence-electron chi connectivity index (χ1n) is 10.5. The minimum absolute atomic E-state index is 0.0873. The fourth-order valence-electron chi connectivity index (χ4n) is 3.47. The lowest BCUT2D eigenvalue weighted by atomic mass is 10.1. The molecule has 0 saturated carbocycles. The van der Waals surface area contributed by atoms with Crippen LogP contribution in [0.4, 0.5) is 11.4 Å². The summed E-state index contributed by atoms with van der Waals surface area (Å²) in [6.07, 6.45) is 5.89. The minimum atomic E-state index is -0.572. The van der Waals surface area contributed by atoms with Gasteiger partial charge in [0.25, 0.3) is 5.91 Å². The van der Waals surface area contributed by atoms with E-state index in [4.69, 9.17) is 11.5 Å². The first kappa shape index (κ1) is 22.6. The Hall–Kier alpha value is -3.13. The van der Waals surface area contributed by atoms with Crippen molar-refractivity contribution in [3.63, 3.8) is 0 Å². The molecule has 3 rings (SSSR count). The van der Waals surface area contributed by atoms with Crippen molar-refractivity contribution >= 4 is 17.3 Å². The summed E-state index contributed by atoms with van der Waals surface area (Å²) in [7, 11) is 0. The molecule has 1 amide bonds. The van der Waals surface area contributed by atoms with Crippen LogP contribution in [0, 0.1) is 0 Å². The SMILES string of the molecule is CCc1ccc(NNC2c3cc(NC(=O)/C(N)=C/C=C\C(C)N)ccc3C[C@@H]2O)cc1. The van der Waals surface area contributed by atoms with Crippen LogP contribution < -0.4 is 27.6 Å². The van der Waals surface area contributed by atoms with Crippen LogP contribution in [0.1, 0.15) is 36.6 Å². The zero-order valence-electron chi connectivity index (χ0n) is 17.9. The van der Waals surface area contributed by atoms with Crippen LogP contribution in [0.5, 0.6) is 0 Å². The number of anilines is 2. The zero-order chi connectivity index (χ0) is 22.4. The molecule has 0 radical (unpaired) electrons. The van der Waals surface area contributed by atoms with Crippen LogP contribution in [0.2, 0.25) is 0 Å². The van der Waals surface area contributed by atoms with Gasteiger partial charge in [-0.05, 0) is 60.4 Å². The number of hydrogen-bond acceptors (Lipinski definition) is 6. The molecule has 7 nitrogen and oxygen atoms in total. The van der Waals surface area contributed by atoms with Crippen LogP contribution in [0.15, 0.2) is 66.4 Å². The summed E-state index contributed by atoms with van der Waals surface area (Å²) in [4.78, 5) is 12.4. The Morgan fingerprint density at radius 3 is 2.61 bits per heavy atom. The molecule has 3 atom stereocenters. The Morgan fingerprint density at radius 2 is 1.94 bits per heavy atom. The van der Waals surface area contributed by atoms with Gasteiger partial charge in [0.15, 0.2) is 0 Å². The number of nitrogens with one attached hydrogen (secondary N) is 3. The van der Waals surface area contributed by atoms with E-state index in [-0.39, 0.29) is 17.8 Å². The highest BCUT2D eigenvalue weighted by Crippen LogP contribution is 2.33. The quantitative estimate of drug-likeness (QED) is 0.221. The second-order valence-electron chi connectivity index (χ2n) is 7.80. The molecule has 2 aromatic rings. The van der Waals surface area contributed by atoms with Crippen molar-refractivity contribution < 1.29 is 9.90 Å². The van der Waals surface area contributed by atoms with Crippen LogP contribution >= 0.6 is 0 Å². The number of rotatable bonds is 8. The molecule has 31 heavy (non-hydrogen) atoms. The maximum atomic E-state index is 12.4. The molecule has 0 saturated heterocycles. The number of aliphatic hydroxyl groups excluding tert-OH is 1. The molecule has 164 valence electrons. The van der Waals surface area contributed by atoms with E-state index in [1.807, 2.05) is 37.3 Å². The number of hydrazine groups is 1. The summed E-state index contributed by atoms with van der Waals surface area (Å²) >= 11 is 0. The predicted molar refractivity (Wildman–Crippen MR) is 125 cm³/mol. The van der Waals surface area contributed by atoms with Gasteiger partial charge in [0.1, 0.15) is 0 Å². The lowest BCUT2D eigenvalue weighted by Gasteiger charge is -2.20. The molecule has 0 aliphatic heterocycles. The van der Waals surface area contributed by atoms with Gasteiger partial charge in [0.2, 0.25) is 0 Å². The second kappa shape index (κ2) is 10.3. The molecule has 2 unspecified atom stereocenters. The third-order valence-corrected chi connectivity index (χ3v) is 5.24. The van der Waals surface area contributed by atoms with Crippen LogP contribution in [0.3, 0.4) is 0 Å². The van der Waals surface area contributed by atoms with Gasteiger partial charge in [-0.3, -0.25) is 4.79 Å². The Kier molecular flexibility index (Phi) is 7.46. The Balaban J connectivity index is 1.68. The highest BCUT2D eigenvalue weighted by Gasteiger charge is 2.31. The Bertz CT molecular complexity index is 966. The average Bonchev–Trinajstić information content (AvgIpc) is 3.06. The number of fused-ring (bicyclic) bond motifs is 1. The van der Waals surface area contributed by atoms with Gasteiger partial charge in [0.05, 0.1) is 17.8 Å². The molecular formula is C24H31N5O2. The van der Waals surface area contributed by atoms with Crippen molar-refractivity contribution in [3.8, 4) is 0 Å². The van der Waals surface area contributed by atoms with Crippen molar-refractivity contribution in [1.29, 1.82) is 0 Å². The van der Waals surface area contributed by atoms with Gasteiger partial charge in [0, 0.05) is 23.8 Å². The maximum absolute atomic E-state index is 12.4. The maximum Gasteiger partial charge on any atom is 0.271 e. The third-order valence-electron chi connectivity index (χ3n) is 5.24. The smallest absolute Gasteiger partial charge is 0.271 e. The lowest BCUT2D eigenvalue weighted by Crippen LogP contribution is -2.33. The van der Waals surface area contributed by atoms with Crippen LogP contribution in [0.25, 0.3) is 0 Å². The van der Waals surface area contributed by atoms with Crippen molar-refractivity contribution in [3.05, 3.63) is 83.1 Å². The summed E-state index contributed by atoms with van der Waals surface area (Å²) in [6.45, 7) is 3.95. The summed E-state index contributed by atoms with van der Waals surface area (Å²) in [5.74, 6) is -0.397. The van der Waals surface area contributed by atoms with E-state index >= 15 is 0 Å². The highest BCUT2D eigenvalue weighted by molar-refractivity contribution is 6.03. The number of carbonyl (C=O) groups excluding carboxylic acids is 1. The van der Waals surface area contributed by atoms with Gasteiger partial charge in [-0.2, -0.15) is 0 Å². The molecule has 7 heteroatoms. The minimum Gasteiger partial charge on any atom is -0.394 e. The van der Waals surface area contributed by atoms with Crippen LogP contribution in [-0.4, -0.2) is 23.2 Å². The molecule has 0 aromatic heterocycles. The second-order valence-corrected chi connectivity index (χ2v) is 7.80. The van der Waals surface area contributed by atoms with Crippen molar-refractivity contribution in [1.82, 2.24) is 5.43 Å². The number of amides is 1.